The molecule has 0 unspecified atom stereocenters. The van der Waals surface area contributed by atoms with Gasteiger partial charge in [-0.2, -0.15) is 0 Å². The minimum atomic E-state index is -0.264. The third-order valence-electron chi connectivity index (χ3n) is 3.08. The number of pyridine rings is 2. The molecule has 0 aliphatic carbocycles. The zero-order chi connectivity index (χ0) is 14.1. The van der Waals surface area contributed by atoms with Gasteiger partial charge in [-0.25, -0.2) is 4.98 Å². The van der Waals surface area contributed by atoms with Crippen LogP contribution in [0, 0.1) is 0 Å². The molecule has 4 nitrogen and oxygen atoms in total. The highest BCUT2D eigenvalue weighted by Crippen LogP contribution is 2.26. The van der Waals surface area contributed by atoms with Gasteiger partial charge < -0.3 is 5.11 Å². The van der Waals surface area contributed by atoms with Gasteiger partial charge in [0.2, 0.25) is 0 Å². The molecule has 20 heavy (non-hydrogen) atoms. The van der Waals surface area contributed by atoms with Crippen LogP contribution in [0.4, 0.5) is 0 Å². The van der Waals surface area contributed by atoms with E-state index in [9.17, 15) is 9.90 Å². The largest absolute Gasteiger partial charge is 0.507 e. The molecule has 0 saturated heterocycles. The highest BCUT2D eigenvalue weighted by molar-refractivity contribution is 7.98. The number of rotatable bonds is 2. The molecule has 0 amide bonds. The molecule has 0 aliphatic heterocycles. The number of nitrogens with zero attached hydrogens (tertiary/aromatic N) is 2. The monoisotopic (exact) mass is 284 g/mol. The van der Waals surface area contributed by atoms with Crippen molar-refractivity contribution in [1.82, 2.24) is 9.55 Å². The lowest BCUT2D eigenvalue weighted by atomic mass is 10.2. The van der Waals surface area contributed by atoms with Crippen molar-refractivity contribution in [1.29, 1.82) is 0 Å². The van der Waals surface area contributed by atoms with Crippen LogP contribution in [0.1, 0.15) is 0 Å². The molecule has 0 bridgehead atoms. The van der Waals surface area contributed by atoms with Crippen molar-refractivity contribution in [2.45, 2.75) is 5.03 Å². The van der Waals surface area contributed by atoms with Gasteiger partial charge in [0.1, 0.15) is 5.75 Å². The maximum Gasteiger partial charge on any atom is 0.259 e. The third-order valence-corrected chi connectivity index (χ3v) is 3.72. The topological polar surface area (TPSA) is 55.1 Å². The van der Waals surface area contributed by atoms with E-state index >= 15 is 0 Å². The first-order valence-electron chi connectivity index (χ1n) is 6.05. The molecule has 0 fully saturated rings. The van der Waals surface area contributed by atoms with Gasteiger partial charge in [0.15, 0.2) is 0 Å². The Labute approximate surface area is 119 Å². The number of thioether (sulfide) groups is 1. The van der Waals surface area contributed by atoms with Crippen LogP contribution in [0.15, 0.2) is 58.5 Å². The fourth-order valence-electron chi connectivity index (χ4n) is 2.14. The Balaban J connectivity index is 2.44. The van der Waals surface area contributed by atoms with Crippen LogP contribution in [0.3, 0.4) is 0 Å². The van der Waals surface area contributed by atoms with Crippen molar-refractivity contribution < 1.29 is 5.11 Å². The predicted octanol–water partition coefficient (Wildman–Crippen LogP) is 2.81. The van der Waals surface area contributed by atoms with E-state index in [-0.39, 0.29) is 11.3 Å². The van der Waals surface area contributed by atoms with E-state index in [1.807, 2.05) is 42.7 Å². The smallest absolute Gasteiger partial charge is 0.259 e. The van der Waals surface area contributed by atoms with Gasteiger partial charge in [-0.15, -0.1) is 11.8 Å². The summed E-state index contributed by atoms with van der Waals surface area (Å²) >= 11 is 1.49. The van der Waals surface area contributed by atoms with Crippen LogP contribution in [0.2, 0.25) is 0 Å². The Bertz CT molecular complexity index is 828. The Morgan fingerprint density at radius 3 is 2.65 bits per heavy atom. The zero-order valence-electron chi connectivity index (χ0n) is 10.8. The van der Waals surface area contributed by atoms with Crippen LogP contribution in [-0.2, 0) is 0 Å². The number of aromatic hydroxyl groups is 1. The van der Waals surface area contributed by atoms with E-state index in [1.54, 1.807) is 10.8 Å². The number of hydrogen-bond acceptors (Lipinski definition) is 4. The molecule has 2 heterocycles. The van der Waals surface area contributed by atoms with Crippen LogP contribution >= 0.6 is 11.8 Å². The summed E-state index contributed by atoms with van der Waals surface area (Å²) in [5, 5.41) is 11.3. The van der Waals surface area contributed by atoms with Gasteiger partial charge >= 0.3 is 0 Å². The summed E-state index contributed by atoms with van der Waals surface area (Å²) in [5.41, 5.74) is 1.15. The second-order valence-corrected chi connectivity index (χ2v) is 5.11. The van der Waals surface area contributed by atoms with E-state index in [2.05, 4.69) is 4.98 Å². The standard InChI is InChI=1S/C15H12N2O2S/c1-20-14-7-12-11(9-16-14)13(18)8-15(19)17(12)10-5-3-2-4-6-10/h2-9,18H,1H3. The van der Waals surface area contributed by atoms with Gasteiger partial charge in [-0.1, -0.05) is 18.2 Å². The van der Waals surface area contributed by atoms with E-state index in [4.69, 9.17) is 0 Å². The Hall–Kier alpha value is -2.27. The minimum Gasteiger partial charge on any atom is -0.507 e. The molecule has 0 atom stereocenters. The molecule has 100 valence electrons. The SMILES string of the molecule is CSc1cc2c(cn1)c(O)cc(=O)n2-c1ccccc1. The number of hydrogen-bond donors (Lipinski definition) is 1. The molecule has 3 rings (SSSR count). The summed E-state index contributed by atoms with van der Waals surface area (Å²) in [7, 11) is 0. The van der Waals surface area contributed by atoms with Gasteiger partial charge in [0.25, 0.3) is 5.56 Å². The molecule has 0 radical (unpaired) electrons. The summed E-state index contributed by atoms with van der Waals surface area (Å²) < 4.78 is 1.58. The van der Waals surface area contributed by atoms with Crippen molar-refractivity contribution >= 4 is 22.7 Å². The maximum atomic E-state index is 12.2. The molecule has 0 saturated carbocycles. The van der Waals surface area contributed by atoms with Crippen molar-refractivity contribution in [3.8, 4) is 11.4 Å². The first kappa shape index (κ1) is 12.7. The van der Waals surface area contributed by atoms with E-state index in [0.29, 0.717) is 10.9 Å². The van der Waals surface area contributed by atoms with Gasteiger partial charge in [0, 0.05) is 18.0 Å². The van der Waals surface area contributed by atoms with Crippen molar-refractivity contribution in [3.63, 3.8) is 0 Å². The Morgan fingerprint density at radius 2 is 1.95 bits per heavy atom. The maximum absolute atomic E-state index is 12.2. The average Bonchev–Trinajstić information content (AvgIpc) is 2.47. The molecule has 1 aromatic carbocycles. The first-order valence-corrected chi connectivity index (χ1v) is 7.27. The number of fused-ring (bicyclic) bond motifs is 1. The molecule has 3 aromatic rings. The average molecular weight is 284 g/mol. The molecular formula is C15H12N2O2S. The van der Waals surface area contributed by atoms with Gasteiger partial charge in [-0.3, -0.25) is 9.36 Å². The molecule has 5 heteroatoms. The second-order valence-electron chi connectivity index (χ2n) is 4.28. The lowest BCUT2D eigenvalue weighted by molar-refractivity contribution is 0.479. The lowest BCUT2D eigenvalue weighted by Gasteiger charge is -2.11. The Morgan fingerprint density at radius 1 is 1.20 bits per heavy atom. The molecule has 1 N–H and O–H groups in total. The Kier molecular flexibility index (Phi) is 3.20. The van der Waals surface area contributed by atoms with Crippen molar-refractivity contribution in [3.05, 3.63) is 59.0 Å². The highest BCUT2D eigenvalue weighted by atomic mass is 32.2. The van der Waals surface area contributed by atoms with Crippen LogP contribution < -0.4 is 5.56 Å². The van der Waals surface area contributed by atoms with Crippen LogP contribution in [-0.4, -0.2) is 20.9 Å². The van der Waals surface area contributed by atoms with Crippen LogP contribution in [0.5, 0.6) is 5.75 Å². The van der Waals surface area contributed by atoms with E-state index in [1.165, 1.54) is 17.8 Å². The third kappa shape index (κ3) is 2.06. The summed E-state index contributed by atoms with van der Waals surface area (Å²) in [5.74, 6) is -0.0441. The number of benzene rings is 1. The fourth-order valence-corrected chi connectivity index (χ4v) is 2.53. The number of aromatic nitrogens is 2. The summed E-state index contributed by atoms with van der Waals surface area (Å²) in [6, 6.07) is 12.4. The van der Waals surface area contributed by atoms with Gasteiger partial charge in [-0.05, 0) is 24.5 Å². The van der Waals surface area contributed by atoms with Gasteiger partial charge in [0.05, 0.1) is 15.9 Å². The van der Waals surface area contributed by atoms with Crippen LogP contribution in [0.25, 0.3) is 16.6 Å². The summed E-state index contributed by atoms with van der Waals surface area (Å²) in [6.07, 6.45) is 3.51. The quantitative estimate of drug-likeness (QED) is 0.735. The molecular weight excluding hydrogens is 272 g/mol. The molecule has 0 spiro atoms. The zero-order valence-corrected chi connectivity index (χ0v) is 11.6. The fraction of sp³-hybridized carbons (Fsp3) is 0.0667. The summed E-state index contributed by atoms with van der Waals surface area (Å²) in [4.78, 5) is 16.5. The van der Waals surface area contributed by atoms with Crippen molar-refractivity contribution in [2.24, 2.45) is 0 Å². The highest BCUT2D eigenvalue weighted by Gasteiger charge is 2.11. The normalized spacial score (nSPS) is 10.8. The van der Waals surface area contributed by atoms with E-state index < -0.39 is 0 Å². The second kappa shape index (κ2) is 5.02. The van der Waals surface area contributed by atoms with E-state index in [0.717, 1.165) is 10.7 Å². The molecule has 2 aromatic heterocycles. The first-order chi connectivity index (χ1) is 9.70. The lowest BCUT2D eigenvalue weighted by Crippen LogP contribution is -2.17. The number of para-hydroxylation sites is 1. The molecule has 0 aliphatic rings. The van der Waals surface area contributed by atoms with Crippen molar-refractivity contribution in [2.75, 3.05) is 6.26 Å². The predicted molar refractivity (Wildman–Crippen MR) is 80.8 cm³/mol. The minimum absolute atomic E-state index is 0.0441. The summed E-state index contributed by atoms with van der Waals surface area (Å²) in [6.45, 7) is 0.